The van der Waals surface area contributed by atoms with Crippen molar-refractivity contribution >= 4 is 5.97 Å². The van der Waals surface area contributed by atoms with Crippen LogP contribution in [0.25, 0.3) is 0 Å². The highest BCUT2D eigenvalue weighted by molar-refractivity contribution is 5.66. The Bertz CT molecular complexity index is 355. The van der Waals surface area contributed by atoms with Gasteiger partial charge in [-0.05, 0) is 12.8 Å². The third kappa shape index (κ3) is 2.82. The predicted molar refractivity (Wildman–Crippen MR) is 55.3 cm³/mol. The van der Waals surface area contributed by atoms with Crippen LogP contribution in [0.1, 0.15) is 36.8 Å². The number of hydrogen-bond acceptors (Lipinski definition) is 4. The van der Waals surface area contributed by atoms with E-state index in [1.165, 1.54) is 0 Å². The largest absolute Gasteiger partial charge is 0.481 e. The molecule has 1 unspecified atom stereocenters. The molecule has 1 saturated heterocycles. The molecule has 0 aliphatic carbocycles. The minimum absolute atomic E-state index is 0.0792. The highest BCUT2D eigenvalue weighted by atomic mass is 16.5. The van der Waals surface area contributed by atoms with Gasteiger partial charge in [0.25, 0.3) is 0 Å². The fourth-order valence-electron chi connectivity index (χ4n) is 1.79. The molecule has 2 heterocycles. The molecule has 0 bridgehead atoms. The summed E-state index contributed by atoms with van der Waals surface area (Å²) in [6.45, 7) is 1.46. The molecule has 1 fully saturated rings. The minimum Gasteiger partial charge on any atom is -0.481 e. The second-order valence-electron chi connectivity index (χ2n) is 3.97. The summed E-state index contributed by atoms with van der Waals surface area (Å²) >= 11 is 0. The quantitative estimate of drug-likeness (QED) is 0.842. The van der Waals surface area contributed by atoms with Crippen molar-refractivity contribution in [1.29, 1.82) is 0 Å². The molecule has 16 heavy (non-hydrogen) atoms. The lowest BCUT2D eigenvalue weighted by molar-refractivity contribution is -0.137. The number of ether oxygens (including phenoxy) is 1. The number of hydrogen-bond donors (Lipinski definition) is 1. The van der Waals surface area contributed by atoms with Crippen LogP contribution in [0, 0.1) is 0 Å². The van der Waals surface area contributed by atoms with E-state index in [0.29, 0.717) is 24.7 Å². The van der Waals surface area contributed by atoms with Crippen LogP contribution in [0.5, 0.6) is 0 Å². The van der Waals surface area contributed by atoms with Gasteiger partial charge in [-0.1, -0.05) is 0 Å². The molecule has 5 heteroatoms. The number of aryl methyl sites for hydroxylation is 1. The van der Waals surface area contributed by atoms with Crippen molar-refractivity contribution in [3.63, 3.8) is 0 Å². The number of oxazole rings is 1. The summed E-state index contributed by atoms with van der Waals surface area (Å²) in [6.07, 6.45) is 4.15. The smallest absolute Gasteiger partial charge is 0.303 e. The summed E-state index contributed by atoms with van der Waals surface area (Å²) in [5.74, 6) is 0.731. The summed E-state index contributed by atoms with van der Waals surface area (Å²) < 4.78 is 10.9. The highest BCUT2D eigenvalue weighted by Gasteiger charge is 2.20. The Labute approximate surface area is 93.4 Å². The van der Waals surface area contributed by atoms with Gasteiger partial charge in [0.05, 0.1) is 25.1 Å². The summed E-state index contributed by atoms with van der Waals surface area (Å²) in [5.41, 5.74) is 0. The first-order valence-electron chi connectivity index (χ1n) is 5.50. The Morgan fingerprint density at radius 3 is 3.19 bits per heavy atom. The van der Waals surface area contributed by atoms with Gasteiger partial charge in [0.2, 0.25) is 0 Å². The zero-order chi connectivity index (χ0) is 11.4. The number of aliphatic carboxylic acids is 1. The normalized spacial score (nSPS) is 20.9. The van der Waals surface area contributed by atoms with E-state index in [9.17, 15) is 4.79 Å². The monoisotopic (exact) mass is 225 g/mol. The topological polar surface area (TPSA) is 72.6 Å². The van der Waals surface area contributed by atoms with E-state index in [-0.39, 0.29) is 12.3 Å². The maximum absolute atomic E-state index is 10.4. The maximum atomic E-state index is 10.4. The van der Waals surface area contributed by atoms with Crippen molar-refractivity contribution in [2.45, 2.75) is 31.6 Å². The molecule has 0 aromatic carbocycles. The molecule has 0 spiro atoms. The van der Waals surface area contributed by atoms with Gasteiger partial charge in [-0.15, -0.1) is 0 Å². The summed E-state index contributed by atoms with van der Waals surface area (Å²) in [7, 11) is 0. The number of carboxylic acid groups (broad SMARTS) is 1. The highest BCUT2D eigenvalue weighted by Crippen LogP contribution is 2.25. The molecule has 1 aliphatic rings. The lowest BCUT2D eigenvalue weighted by Gasteiger charge is -2.18. The lowest BCUT2D eigenvalue weighted by Crippen LogP contribution is -2.15. The van der Waals surface area contributed by atoms with Crippen LogP contribution < -0.4 is 0 Å². The van der Waals surface area contributed by atoms with E-state index >= 15 is 0 Å². The summed E-state index contributed by atoms with van der Waals surface area (Å²) in [4.78, 5) is 14.6. The van der Waals surface area contributed by atoms with Gasteiger partial charge in [-0.3, -0.25) is 4.79 Å². The first-order chi connectivity index (χ1) is 7.75. The van der Waals surface area contributed by atoms with Crippen LogP contribution in [0.3, 0.4) is 0 Å². The third-order valence-corrected chi connectivity index (χ3v) is 2.67. The molecule has 2 rings (SSSR count). The molecule has 0 amide bonds. The number of rotatable bonds is 4. The molecule has 0 saturated carbocycles. The van der Waals surface area contributed by atoms with E-state index < -0.39 is 5.97 Å². The zero-order valence-electron chi connectivity index (χ0n) is 9.02. The summed E-state index contributed by atoms with van der Waals surface area (Å²) in [5, 5.41) is 8.55. The molecule has 1 aliphatic heterocycles. The van der Waals surface area contributed by atoms with Gasteiger partial charge in [-0.25, -0.2) is 4.98 Å². The number of carboxylic acids is 1. The second kappa shape index (κ2) is 5.12. The third-order valence-electron chi connectivity index (χ3n) is 2.67. The number of aromatic nitrogens is 1. The van der Waals surface area contributed by atoms with Gasteiger partial charge in [0.1, 0.15) is 5.76 Å². The van der Waals surface area contributed by atoms with Gasteiger partial charge < -0.3 is 14.3 Å². The van der Waals surface area contributed by atoms with Crippen LogP contribution in [0.15, 0.2) is 10.6 Å². The van der Waals surface area contributed by atoms with Crippen LogP contribution in [-0.2, 0) is 16.0 Å². The average molecular weight is 225 g/mol. The molecule has 0 radical (unpaired) electrons. The number of carbonyl (C=O) groups is 1. The number of nitrogens with zero attached hydrogens (tertiary/aromatic N) is 1. The predicted octanol–water partition coefficient (Wildman–Crippen LogP) is 1.59. The minimum atomic E-state index is -0.820. The SMILES string of the molecule is O=C(O)CCc1cnc(C2CCCOC2)o1. The van der Waals surface area contributed by atoms with Crippen LogP contribution in [0.2, 0.25) is 0 Å². The fourth-order valence-corrected chi connectivity index (χ4v) is 1.79. The summed E-state index contributed by atoms with van der Waals surface area (Å²) in [6, 6.07) is 0. The Kier molecular flexibility index (Phi) is 3.56. The fraction of sp³-hybridized carbons (Fsp3) is 0.636. The second-order valence-corrected chi connectivity index (χ2v) is 3.97. The Morgan fingerprint density at radius 2 is 2.50 bits per heavy atom. The molecule has 88 valence electrons. The van der Waals surface area contributed by atoms with Gasteiger partial charge in [-0.2, -0.15) is 0 Å². The van der Waals surface area contributed by atoms with E-state index in [0.717, 1.165) is 19.4 Å². The average Bonchev–Trinajstić information content (AvgIpc) is 2.76. The first kappa shape index (κ1) is 11.1. The zero-order valence-corrected chi connectivity index (χ0v) is 9.02. The molecule has 1 aromatic heterocycles. The molecule has 1 aromatic rings. The van der Waals surface area contributed by atoms with Crippen LogP contribution in [0.4, 0.5) is 0 Å². The molecule has 1 atom stereocenters. The van der Waals surface area contributed by atoms with Crippen LogP contribution >= 0.6 is 0 Å². The molecule has 5 nitrogen and oxygen atoms in total. The van der Waals surface area contributed by atoms with Crippen molar-refractivity contribution < 1.29 is 19.1 Å². The van der Waals surface area contributed by atoms with Crippen molar-refractivity contribution in [2.75, 3.05) is 13.2 Å². The maximum Gasteiger partial charge on any atom is 0.303 e. The van der Waals surface area contributed by atoms with Crippen LogP contribution in [-0.4, -0.2) is 29.3 Å². The van der Waals surface area contributed by atoms with Crippen molar-refractivity contribution in [3.05, 3.63) is 17.8 Å². The van der Waals surface area contributed by atoms with Crippen molar-refractivity contribution in [3.8, 4) is 0 Å². The van der Waals surface area contributed by atoms with E-state index in [2.05, 4.69) is 4.98 Å². The van der Waals surface area contributed by atoms with Gasteiger partial charge >= 0.3 is 5.97 Å². The Balaban J connectivity index is 1.93. The van der Waals surface area contributed by atoms with Gasteiger partial charge in [0.15, 0.2) is 5.89 Å². The Morgan fingerprint density at radius 1 is 1.62 bits per heavy atom. The van der Waals surface area contributed by atoms with Gasteiger partial charge in [0, 0.05) is 13.0 Å². The first-order valence-corrected chi connectivity index (χ1v) is 5.50. The molecular formula is C11H15NO4. The van der Waals surface area contributed by atoms with E-state index in [4.69, 9.17) is 14.3 Å². The van der Waals surface area contributed by atoms with Crippen molar-refractivity contribution in [1.82, 2.24) is 4.98 Å². The van der Waals surface area contributed by atoms with E-state index in [1.807, 2.05) is 0 Å². The standard InChI is InChI=1S/C11H15NO4/c13-10(14)4-3-9-6-12-11(16-9)8-2-1-5-15-7-8/h6,8H,1-5,7H2,(H,13,14). The Hall–Kier alpha value is -1.36. The van der Waals surface area contributed by atoms with Crippen molar-refractivity contribution in [2.24, 2.45) is 0 Å². The molecular weight excluding hydrogens is 210 g/mol. The lowest BCUT2D eigenvalue weighted by atomic mass is 10.0. The van der Waals surface area contributed by atoms with E-state index in [1.54, 1.807) is 6.20 Å². The molecule has 1 N–H and O–H groups in total.